The van der Waals surface area contributed by atoms with Gasteiger partial charge in [0, 0.05) is 18.7 Å². The normalized spacial score (nSPS) is 12.5. The SMILES string of the molecule is COC[C@H](C)NC(=O)c1ccc(NS(=O)(=O)c2ccc(C)cc2)c(C)c1. The maximum absolute atomic E-state index is 12.5. The molecule has 0 aromatic heterocycles. The third-order valence-corrected chi connectivity index (χ3v) is 5.24. The summed E-state index contributed by atoms with van der Waals surface area (Å²) in [5.41, 5.74) is 2.54. The molecule has 1 atom stereocenters. The molecule has 0 fully saturated rings. The molecule has 1 amide bonds. The van der Waals surface area contributed by atoms with E-state index in [9.17, 15) is 13.2 Å². The molecule has 26 heavy (non-hydrogen) atoms. The van der Waals surface area contributed by atoms with Crippen molar-refractivity contribution in [1.29, 1.82) is 0 Å². The predicted molar refractivity (Wildman–Crippen MR) is 102 cm³/mol. The van der Waals surface area contributed by atoms with Crippen LogP contribution in [-0.4, -0.2) is 34.1 Å². The third kappa shape index (κ3) is 5.06. The summed E-state index contributed by atoms with van der Waals surface area (Å²) in [6.45, 7) is 5.91. The summed E-state index contributed by atoms with van der Waals surface area (Å²) in [4.78, 5) is 12.4. The monoisotopic (exact) mass is 376 g/mol. The fraction of sp³-hybridized carbons (Fsp3) is 0.316. The number of benzene rings is 2. The van der Waals surface area contributed by atoms with Crippen LogP contribution in [0.4, 0.5) is 5.69 Å². The maximum Gasteiger partial charge on any atom is 0.261 e. The Morgan fingerprint density at radius 2 is 1.77 bits per heavy atom. The van der Waals surface area contributed by atoms with Crippen molar-refractivity contribution in [2.45, 2.75) is 31.7 Å². The van der Waals surface area contributed by atoms with Gasteiger partial charge in [-0.05, 0) is 56.7 Å². The van der Waals surface area contributed by atoms with Crippen LogP contribution in [0, 0.1) is 13.8 Å². The van der Waals surface area contributed by atoms with Crippen LogP contribution in [0.15, 0.2) is 47.4 Å². The highest BCUT2D eigenvalue weighted by Gasteiger charge is 2.16. The van der Waals surface area contributed by atoms with Crippen LogP contribution in [0.25, 0.3) is 0 Å². The molecule has 7 heteroatoms. The number of hydrogen-bond donors (Lipinski definition) is 2. The molecule has 0 aliphatic rings. The number of methoxy groups -OCH3 is 1. The lowest BCUT2D eigenvalue weighted by atomic mass is 10.1. The minimum Gasteiger partial charge on any atom is -0.383 e. The summed E-state index contributed by atoms with van der Waals surface area (Å²) in [5.74, 6) is -0.231. The van der Waals surface area contributed by atoms with E-state index in [1.165, 1.54) is 0 Å². The molecule has 0 saturated heterocycles. The molecule has 0 bridgehead atoms. The Balaban J connectivity index is 2.16. The van der Waals surface area contributed by atoms with Crippen molar-refractivity contribution in [3.05, 3.63) is 59.2 Å². The minimum absolute atomic E-state index is 0.118. The maximum atomic E-state index is 12.5. The lowest BCUT2D eigenvalue weighted by Crippen LogP contribution is -2.35. The lowest BCUT2D eigenvalue weighted by molar-refractivity contribution is 0.0905. The van der Waals surface area contributed by atoms with Crippen molar-refractivity contribution in [3.63, 3.8) is 0 Å². The molecule has 2 rings (SSSR count). The van der Waals surface area contributed by atoms with E-state index >= 15 is 0 Å². The highest BCUT2D eigenvalue weighted by Crippen LogP contribution is 2.21. The minimum atomic E-state index is -3.68. The number of rotatable bonds is 7. The zero-order valence-electron chi connectivity index (χ0n) is 15.4. The van der Waals surface area contributed by atoms with Crippen LogP contribution in [-0.2, 0) is 14.8 Å². The summed E-state index contributed by atoms with van der Waals surface area (Å²) in [6, 6.07) is 11.3. The molecule has 2 aromatic carbocycles. The van der Waals surface area contributed by atoms with Crippen LogP contribution in [0.1, 0.15) is 28.4 Å². The molecule has 0 spiro atoms. The Kier molecular flexibility index (Phi) is 6.39. The van der Waals surface area contributed by atoms with Crippen molar-refractivity contribution in [2.24, 2.45) is 0 Å². The van der Waals surface area contributed by atoms with Crippen molar-refractivity contribution in [2.75, 3.05) is 18.4 Å². The first kappa shape index (κ1) is 19.9. The first-order valence-electron chi connectivity index (χ1n) is 8.23. The smallest absolute Gasteiger partial charge is 0.261 e. The molecule has 6 nitrogen and oxygen atoms in total. The summed E-state index contributed by atoms with van der Waals surface area (Å²) >= 11 is 0. The van der Waals surface area contributed by atoms with Crippen molar-refractivity contribution < 1.29 is 17.9 Å². The van der Waals surface area contributed by atoms with Gasteiger partial charge in [-0.25, -0.2) is 8.42 Å². The van der Waals surface area contributed by atoms with Crippen LogP contribution >= 0.6 is 0 Å². The molecule has 0 heterocycles. The van der Waals surface area contributed by atoms with E-state index < -0.39 is 10.0 Å². The van der Waals surface area contributed by atoms with Gasteiger partial charge < -0.3 is 10.1 Å². The van der Waals surface area contributed by atoms with E-state index in [-0.39, 0.29) is 16.8 Å². The molecular weight excluding hydrogens is 352 g/mol. The number of carbonyl (C=O) groups is 1. The number of carbonyl (C=O) groups excluding carboxylic acids is 1. The Hall–Kier alpha value is -2.38. The lowest BCUT2D eigenvalue weighted by Gasteiger charge is -2.15. The third-order valence-electron chi connectivity index (χ3n) is 3.86. The van der Waals surface area contributed by atoms with Gasteiger partial charge in [0.05, 0.1) is 17.2 Å². The number of sulfonamides is 1. The van der Waals surface area contributed by atoms with E-state index in [0.29, 0.717) is 23.4 Å². The van der Waals surface area contributed by atoms with Gasteiger partial charge in [-0.2, -0.15) is 0 Å². The molecule has 0 unspecified atom stereocenters. The average Bonchev–Trinajstić information content (AvgIpc) is 2.57. The second-order valence-electron chi connectivity index (χ2n) is 6.28. The fourth-order valence-corrected chi connectivity index (χ4v) is 3.57. The average molecular weight is 376 g/mol. The van der Waals surface area contributed by atoms with Gasteiger partial charge >= 0.3 is 0 Å². The molecule has 0 aliphatic carbocycles. The van der Waals surface area contributed by atoms with E-state index in [4.69, 9.17) is 4.74 Å². The van der Waals surface area contributed by atoms with Gasteiger partial charge in [0.2, 0.25) is 0 Å². The Labute approximate surface area is 154 Å². The van der Waals surface area contributed by atoms with Gasteiger partial charge in [-0.15, -0.1) is 0 Å². The largest absolute Gasteiger partial charge is 0.383 e. The fourth-order valence-electron chi connectivity index (χ4n) is 2.44. The summed E-state index contributed by atoms with van der Waals surface area (Å²) in [5, 5.41) is 2.82. The van der Waals surface area contributed by atoms with Crippen LogP contribution in [0.2, 0.25) is 0 Å². The molecule has 2 aromatic rings. The second kappa shape index (κ2) is 8.33. The van der Waals surface area contributed by atoms with Gasteiger partial charge in [0.1, 0.15) is 0 Å². The summed E-state index contributed by atoms with van der Waals surface area (Å²) < 4.78 is 32.6. The summed E-state index contributed by atoms with van der Waals surface area (Å²) in [7, 11) is -2.11. The molecule has 2 N–H and O–H groups in total. The number of nitrogens with one attached hydrogen (secondary N) is 2. The molecule has 0 saturated carbocycles. The topological polar surface area (TPSA) is 84.5 Å². The van der Waals surface area contributed by atoms with Crippen LogP contribution in [0.3, 0.4) is 0 Å². The highest BCUT2D eigenvalue weighted by atomic mass is 32.2. The van der Waals surface area contributed by atoms with E-state index in [2.05, 4.69) is 10.0 Å². The van der Waals surface area contributed by atoms with Gasteiger partial charge in [-0.3, -0.25) is 9.52 Å². The van der Waals surface area contributed by atoms with E-state index in [1.54, 1.807) is 56.5 Å². The number of aryl methyl sites for hydroxylation is 2. The molecule has 0 aliphatic heterocycles. The van der Waals surface area contributed by atoms with E-state index in [0.717, 1.165) is 5.56 Å². The van der Waals surface area contributed by atoms with Crippen LogP contribution in [0.5, 0.6) is 0 Å². The zero-order valence-corrected chi connectivity index (χ0v) is 16.2. The Morgan fingerprint density at radius 1 is 1.12 bits per heavy atom. The van der Waals surface area contributed by atoms with Gasteiger partial charge in [0.15, 0.2) is 0 Å². The van der Waals surface area contributed by atoms with Crippen molar-refractivity contribution in [3.8, 4) is 0 Å². The molecule has 0 radical (unpaired) electrons. The number of anilines is 1. The number of ether oxygens (including phenoxy) is 1. The zero-order chi connectivity index (χ0) is 19.3. The Morgan fingerprint density at radius 3 is 2.35 bits per heavy atom. The first-order valence-corrected chi connectivity index (χ1v) is 9.71. The molecular formula is C19H24N2O4S. The Bertz CT molecular complexity index is 877. The van der Waals surface area contributed by atoms with Gasteiger partial charge in [0.25, 0.3) is 15.9 Å². The standard InChI is InChI=1S/C19H24N2O4S/c1-13-5-8-17(9-6-13)26(23,24)21-18-10-7-16(11-14(18)2)19(22)20-15(3)12-25-4/h5-11,15,21H,12H2,1-4H3,(H,20,22)/t15-/m0/s1. The highest BCUT2D eigenvalue weighted by molar-refractivity contribution is 7.92. The van der Waals surface area contributed by atoms with Gasteiger partial charge in [-0.1, -0.05) is 17.7 Å². The molecule has 140 valence electrons. The van der Waals surface area contributed by atoms with Crippen molar-refractivity contribution in [1.82, 2.24) is 5.32 Å². The first-order chi connectivity index (χ1) is 12.2. The predicted octanol–water partition coefficient (Wildman–Crippen LogP) is 2.87. The number of amides is 1. The quantitative estimate of drug-likeness (QED) is 0.778. The van der Waals surface area contributed by atoms with Crippen LogP contribution < -0.4 is 10.0 Å². The second-order valence-corrected chi connectivity index (χ2v) is 7.96. The van der Waals surface area contributed by atoms with Crippen molar-refractivity contribution >= 4 is 21.6 Å². The number of hydrogen-bond acceptors (Lipinski definition) is 4. The summed E-state index contributed by atoms with van der Waals surface area (Å²) in [6.07, 6.45) is 0. The van der Waals surface area contributed by atoms with E-state index in [1.807, 2.05) is 13.8 Å².